The van der Waals surface area contributed by atoms with Crippen LogP contribution in [0, 0.1) is 0 Å². The molecule has 0 N–H and O–H groups in total. The van der Waals surface area contributed by atoms with Crippen molar-refractivity contribution in [2.24, 2.45) is 0 Å². The molecular weight excluding hydrogens is 1140 g/mol. The maximum absolute atomic E-state index is 14.9. The largest absolute Gasteiger partial charge is 0.493 e. The lowest BCUT2D eigenvalue weighted by atomic mass is 9.84. The highest BCUT2D eigenvalue weighted by atomic mass is 16.5. The highest BCUT2D eigenvalue weighted by Gasteiger charge is 2.29. The first-order valence-electron chi connectivity index (χ1n) is 39.9. The van der Waals surface area contributed by atoms with Gasteiger partial charge >= 0.3 is 0 Å². The van der Waals surface area contributed by atoms with Crippen LogP contribution in [0.3, 0.4) is 0 Å². The van der Waals surface area contributed by atoms with Gasteiger partial charge in [-0.15, -0.1) is 0 Å². The monoisotopic (exact) mass is 1280 g/mol. The zero-order chi connectivity index (χ0) is 65.6. The first kappa shape index (κ1) is 77.2. The Morgan fingerprint density at radius 3 is 0.806 bits per heavy atom. The highest BCUT2D eigenvalue weighted by Crippen LogP contribution is 2.51. The van der Waals surface area contributed by atoms with Crippen LogP contribution < -0.4 is 23.7 Å². The molecule has 93 heavy (non-hydrogen) atoms. The molecule has 7 nitrogen and oxygen atoms in total. The second-order valence-corrected chi connectivity index (χ2v) is 28.1. The van der Waals surface area contributed by atoms with E-state index >= 15 is 0 Å². The lowest BCUT2D eigenvalue weighted by molar-refractivity contribution is 0.0995. The lowest BCUT2D eigenvalue weighted by Crippen LogP contribution is -2.14. The molecule has 1 aliphatic rings. The normalized spacial score (nSPS) is 12.4. The Hall–Kier alpha value is -4.78. The van der Waals surface area contributed by atoms with Gasteiger partial charge < -0.3 is 23.7 Å². The average Bonchev–Trinajstić information content (AvgIpc) is 0.708. The zero-order valence-corrected chi connectivity index (χ0v) is 60.4. The predicted molar refractivity (Wildman–Crippen MR) is 401 cm³/mol. The number of hydrogen-bond donors (Lipinski definition) is 0. The average molecular weight is 1280 g/mol. The third kappa shape index (κ3) is 27.7. The standard InChI is InChI=1S/C86H134O7/c1-6-11-16-21-26-31-36-41-46-51-62-89-77-60-61-78(90-63-52-47-42-37-32-27-22-17-12-7-2)83-73(77)68-79(91-64-53-48-43-38-33-28-23-18-13-8-3)70-56-57-71-80(92-65-54-49-44-39-34-29-24-19-14-9-4)69-74-81(93-66-55-50-45-40-35-30-25-20-15-10-5)67-72-75(87)58-59-76(88)82(72)86(74)85(71)84(70)83/h56-61,67-69H,6-55,62-66H2,1-5H3. The molecule has 0 heterocycles. The summed E-state index contributed by atoms with van der Waals surface area (Å²) in [6.45, 7) is 14.3. The zero-order valence-electron chi connectivity index (χ0n) is 60.4. The predicted octanol–water partition coefficient (Wildman–Crippen LogP) is 27.7. The molecule has 0 saturated heterocycles. The molecule has 5 aromatic rings. The number of carbonyl (C=O) groups excluding carboxylic acids is 2. The van der Waals surface area contributed by atoms with Crippen LogP contribution in [0.1, 0.15) is 376 Å². The first-order valence-corrected chi connectivity index (χ1v) is 39.9. The van der Waals surface area contributed by atoms with Crippen molar-refractivity contribution < 1.29 is 33.3 Å². The minimum absolute atomic E-state index is 0.177. The van der Waals surface area contributed by atoms with E-state index in [4.69, 9.17) is 23.7 Å². The van der Waals surface area contributed by atoms with Crippen LogP contribution >= 0.6 is 0 Å². The number of ketones is 2. The summed E-state index contributed by atoms with van der Waals surface area (Å²) in [5, 5.41) is 7.05. The van der Waals surface area contributed by atoms with E-state index in [2.05, 4.69) is 71.0 Å². The van der Waals surface area contributed by atoms with Gasteiger partial charge in [-0.3, -0.25) is 9.59 Å². The van der Waals surface area contributed by atoms with Crippen LogP contribution in [0.25, 0.3) is 43.1 Å². The van der Waals surface area contributed by atoms with E-state index in [0.29, 0.717) is 49.9 Å². The van der Waals surface area contributed by atoms with Crippen molar-refractivity contribution in [1.82, 2.24) is 0 Å². The molecule has 0 aromatic heterocycles. The van der Waals surface area contributed by atoms with Gasteiger partial charge in [0.15, 0.2) is 11.6 Å². The van der Waals surface area contributed by atoms with E-state index in [9.17, 15) is 9.59 Å². The summed E-state index contributed by atoms with van der Waals surface area (Å²) < 4.78 is 35.3. The summed E-state index contributed by atoms with van der Waals surface area (Å²) in [6.07, 6.45) is 65.3. The number of allylic oxidation sites excluding steroid dienone is 2. The Morgan fingerprint density at radius 2 is 0.473 bits per heavy atom. The van der Waals surface area contributed by atoms with Crippen molar-refractivity contribution in [3.05, 3.63) is 65.7 Å². The fourth-order valence-corrected chi connectivity index (χ4v) is 14.2. The summed E-state index contributed by atoms with van der Waals surface area (Å²) in [4.78, 5) is 29.3. The summed E-state index contributed by atoms with van der Waals surface area (Å²) in [5.74, 6) is 3.41. The van der Waals surface area contributed by atoms with Crippen LogP contribution in [-0.2, 0) is 0 Å². The Morgan fingerprint density at radius 1 is 0.226 bits per heavy atom. The molecule has 0 bridgehead atoms. The molecular formula is C86H134O7. The molecule has 6 rings (SSSR count). The fourth-order valence-electron chi connectivity index (χ4n) is 14.2. The second-order valence-electron chi connectivity index (χ2n) is 28.1. The molecule has 5 aromatic carbocycles. The minimum Gasteiger partial charge on any atom is -0.493 e. The van der Waals surface area contributed by atoms with Gasteiger partial charge in [-0.25, -0.2) is 0 Å². The smallest absolute Gasteiger partial charge is 0.187 e. The number of fused-ring (bicyclic) bond motifs is 9. The van der Waals surface area contributed by atoms with E-state index < -0.39 is 0 Å². The molecule has 0 atom stereocenters. The van der Waals surface area contributed by atoms with E-state index in [0.717, 1.165) is 130 Å². The Kier molecular flexibility index (Phi) is 40.6. The van der Waals surface area contributed by atoms with Crippen molar-refractivity contribution in [3.8, 4) is 28.7 Å². The summed E-state index contributed by atoms with van der Waals surface area (Å²) >= 11 is 0. The quantitative estimate of drug-likeness (QED) is 0.0283. The van der Waals surface area contributed by atoms with E-state index in [1.54, 1.807) is 0 Å². The van der Waals surface area contributed by atoms with Crippen molar-refractivity contribution >= 4 is 54.7 Å². The molecule has 0 fully saturated rings. The van der Waals surface area contributed by atoms with E-state index in [1.165, 1.54) is 269 Å². The third-order valence-corrected chi connectivity index (χ3v) is 20.0. The maximum atomic E-state index is 14.9. The fraction of sp³-hybridized carbons (Fsp3) is 0.698. The maximum Gasteiger partial charge on any atom is 0.187 e. The first-order chi connectivity index (χ1) is 46.0. The van der Waals surface area contributed by atoms with Crippen LogP contribution in [0.2, 0.25) is 0 Å². The Labute approximate surface area is 568 Å². The van der Waals surface area contributed by atoms with Crippen molar-refractivity contribution in [2.75, 3.05) is 33.0 Å². The van der Waals surface area contributed by atoms with E-state index in [1.807, 2.05) is 6.07 Å². The number of ether oxygens (including phenoxy) is 5. The number of hydrogen-bond acceptors (Lipinski definition) is 7. The number of unbranched alkanes of at least 4 members (excludes halogenated alkanes) is 45. The van der Waals surface area contributed by atoms with Crippen LogP contribution in [0.15, 0.2) is 54.6 Å². The van der Waals surface area contributed by atoms with Crippen LogP contribution in [0.5, 0.6) is 28.7 Å². The van der Waals surface area contributed by atoms with Gasteiger partial charge in [0.2, 0.25) is 0 Å². The van der Waals surface area contributed by atoms with Gasteiger partial charge in [0.25, 0.3) is 0 Å². The number of carbonyl (C=O) groups is 2. The number of benzene rings is 5. The Bertz CT molecular complexity index is 2840. The van der Waals surface area contributed by atoms with Gasteiger partial charge in [-0.1, -0.05) is 324 Å². The molecule has 0 radical (unpaired) electrons. The van der Waals surface area contributed by atoms with Crippen molar-refractivity contribution in [1.29, 1.82) is 0 Å². The molecule has 0 spiro atoms. The van der Waals surface area contributed by atoms with Crippen molar-refractivity contribution in [2.45, 2.75) is 356 Å². The molecule has 0 aliphatic heterocycles. The molecule has 0 amide bonds. The summed E-state index contributed by atoms with van der Waals surface area (Å²) in [7, 11) is 0. The van der Waals surface area contributed by atoms with Gasteiger partial charge in [-0.2, -0.15) is 0 Å². The van der Waals surface area contributed by atoms with Gasteiger partial charge in [0.05, 0.1) is 33.0 Å². The topological polar surface area (TPSA) is 80.3 Å². The van der Waals surface area contributed by atoms with E-state index in [-0.39, 0.29) is 11.6 Å². The molecule has 520 valence electrons. The molecule has 1 aliphatic carbocycles. The minimum atomic E-state index is -0.182. The van der Waals surface area contributed by atoms with Gasteiger partial charge in [-0.05, 0) is 86.7 Å². The van der Waals surface area contributed by atoms with Crippen LogP contribution in [0.4, 0.5) is 0 Å². The SMILES string of the molecule is CCCCCCCCCCCCOc1ccc(OCCCCCCCCCCCC)c2c1cc(OCCCCCCCCCCCC)c1ccc3c(OCCCCCCCCCCCC)cc4c(OCCCCCCCCCCCC)cc5c(c4c3c12)C(=O)C=CC5=O. The van der Waals surface area contributed by atoms with Gasteiger partial charge in [0.1, 0.15) is 28.7 Å². The van der Waals surface area contributed by atoms with Crippen LogP contribution in [-0.4, -0.2) is 44.6 Å². The molecule has 7 heteroatoms. The van der Waals surface area contributed by atoms with Crippen molar-refractivity contribution in [3.63, 3.8) is 0 Å². The molecule has 0 saturated carbocycles. The summed E-state index contributed by atoms with van der Waals surface area (Å²) in [5.41, 5.74) is 0.814. The number of rotatable bonds is 60. The third-order valence-electron chi connectivity index (χ3n) is 20.0. The highest BCUT2D eigenvalue weighted by molar-refractivity contribution is 6.37. The molecule has 0 unspecified atom stereocenters. The summed E-state index contributed by atoms with van der Waals surface area (Å²) in [6, 6.07) is 14.9. The lowest BCUT2D eigenvalue weighted by Gasteiger charge is -2.23. The Balaban J connectivity index is 1.46. The van der Waals surface area contributed by atoms with Gasteiger partial charge in [0, 0.05) is 54.2 Å². The second kappa shape index (κ2) is 48.8.